The third-order valence-corrected chi connectivity index (χ3v) is 5.20. The number of carbonyl (C=O) groups excluding carboxylic acids is 1. The molecule has 0 N–H and O–H groups in total. The number of amides is 1. The van der Waals surface area contributed by atoms with E-state index in [0.717, 1.165) is 16.0 Å². The van der Waals surface area contributed by atoms with E-state index in [9.17, 15) is 18.0 Å². The van der Waals surface area contributed by atoms with E-state index in [1.807, 2.05) is 12.1 Å². The van der Waals surface area contributed by atoms with Crippen LogP contribution in [0.1, 0.15) is 24.0 Å². The van der Waals surface area contributed by atoms with Crippen molar-refractivity contribution in [2.75, 3.05) is 27.3 Å². The summed E-state index contributed by atoms with van der Waals surface area (Å²) in [6, 6.07) is 3.78. The fraction of sp³-hybridized carbons (Fsp3) is 0.611. The third kappa shape index (κ3) is 3.60. The summed E-state index contributed by atoms with van der Waals surface area (Å²) in [4.78, 5) is 12.2. The van der Waals surface area contributed by atoms with E-state index in [1.54, 1.807) is 14.2 Å². The molecule has 0 aliphatic carbocycles. The Morgan fingerprint density at radius 1 is 1.19 bits per heavy atom. The molecule has 2 heterocycles. The van der Waals surface area contributed by atoms with Gasteiger partial charge in [-0.2, -0.15) is 13.2 Å². The Balaban J connectivity index is 1.68. The number of piperidine rings is 1. The van der Waals surface area contributed by atoms with Gasteiger partial charge in [0, 0.05) is 25.1 Å². The number of rotatable bonds is 3. The number of ether oxygens (including phenoxy) is 3. The number of alkyl halides is 3. The lowest BCUT2D eigenvalue weighted by atomic mass is 9.85. The summed E-state index contributed by atoms with van der Waals surface area (Å²) in [5, 5.41) is 0. The molecule has 3 rings (SSSR count). The molecule has 144 valence electrons. The van der Waals surface area contributed by atoms with Crippen molar-refractivity contribution in [3.63, 3.8) is 0 Å². The lowest BCUT2D eigenvalue weighted by molar-refractivity contribution is -0.187. The predicted molar refractivity (Wildman–Crippen MR) is 87.2 cm³/mol. The van der Waals surface area contributed by atoms with Crippen molar-refractivity contribution in [2.45, 2.75) is 38.1 Å². The van der Waals surface area contributed by atoms with Gasteiger partial charge in [-0.1, -0.05) is 6.07 Å². The molecule has 1 aromatic carbocycles. The highest BCUT2D eigenvalue weighted by Gasteiger charge is 2.44. The Bertz CT molecular complexity index is 669. The van der Waals surface area contributed by atoms with E-state index in [-0.39, 0.29) is 25.1 Å². The molecule has 8 heteroatoms. The molecular formula is C18H22F3NO4. The Labute approximate surface area is 150 Å². The van der Waals surface area contributed by atoms with Crippen LogP contribution >= 0.6 is 0 Å². The van der Waals surface area contributed by atoms with Crippen molar-refractivity contribution in [1.29, 1.82) is 0 Å². The van der Waals surface area contributed by atoms with Gasteiger partial charge in [0.15, 0.2) is 11.5 Å². The van der Waals surface area contributed by atoms with Crippen LogP contribution < -0.4 is 9.47 Å². The highest BCUT2D eigenvalue weighted by atomic mass is 19.4. The molecule has 0 saturated carbocycles. The normalized spacial score (nSPS) is 21.3. The van der Waals surface area contributed by atoms with Crippen LogP contribution in [0.2, 0.25) is 0 Å². The Morgan fingerprint density at radius 3 is 2.46 bits per heavy atom. The van der Waals surface area contributed by atoms with Crippen molar-refractivity contribution in [1.82, 2.24) is 4.90 Å². The molecule has 1 atom stereocenters. The minimum absolute atomic E-state index is 0.102. The molecule has 1 fully saturated rings. The highest BCUT2D eigenvalue weighted by molar-refractivity contribution is 5.81. The number of carbonyl (C=O) groups is 1. The van der Waals surface area contributed by atoms with E-state index in [1.165, 1.54) is 0 Å². The van der Waals surface area contributed by atoms with Gasteiger partial charge in [-0.15, -0.1) is 0 Å². The molecule has 5 nitrogen and oxygen atoms in total. The van der Waals surface area contributed by atoms with E-state index >= 15 is 0 Å². The van der Waals surface area contributed by atoms with Crippen LogP contribution in [0.4, 0.5) is 13.2 Å². The minimum Gasteiger partial charge on any atom is -0.493 e. The fourth-order valence-corrected chi connectivity index (χ4v) is 3.80. The van der Waals surface area contributed by atoms with E-state index in [4.69, 9.17) is 14.2 Å². The molecule has 0 spiro atoms. The number of likely N-dealkylation sites (tertiary alicyclic amines) is 1. The lowest BCUT2D eigenvalue weighted by Gasteiger charge is -2.38. The maximum absolute atomic E-state index is 12.6. The standard InChI is InChI=1S/C18H22F3NO4/c1-24-14-4-3-12-10-26-15(9-13(12)16(14)25-2)11-5-7-22(8-6-11)17(23)18(19,20)21/h3-4,11,15H,5-10H2,1-2H3. The Morgan fingerprint density at radius 2 is 1.88 bits per heavy atom. The quantitative estimate of drug-likeness (QED) is 0.818. The van der Waals surface area contributed by atoms with Gasteiger partial charge in [-0.25, -0.2) is 0 Å². The van der Waals surface area contributed by atoms with Gasteiger partial charge < -0.3 is 19.1 Å². The van der Waals surface area contributed by atoms with Crippen molar-refractivity contribution >= 4 is 5.91 Å². The van der Waals surface area contributed by atoms with Crippen molar-refractivity contribution in [3.8, 4) is 11.5 Å². The van der Waals surface area contributed by atoms with Crippen LogP contribution in [0.25, 0.3) is 0 Å². The summed E-state index contributed by atoms with van der Waals surface area (Å²) in [7, 11) is 3.16. The topological polar surface area (TPSA) is 48.0 Å². The van der Waals surface area contributed by atoms with Crippen LogP contribution in [-0.4, -0.2) is 50.4 Å². The molecule has 2 aliphatic heterocycles. The predicted octanol–water partition coefficient (Wildman–Crippen LogP) is 2.95. The first-order valence-corrected chi connectivity index (χ1v) is 8.55. The average Bonchev–Trinajstić information content (AvgIpc) is 2.65. The SMILES string of the molecule is COc1ccc2c(c1OC)CC(C1CCN(C(=O)C(F)(F)F)CC1)OC2. The molecule has 1 aromatic rings. The van der Waals surface area contributed by atoms with Crippen molar-refractivity contribution in [2.24, 2.45) is 5.92 Å². The van der Waals surface area contributed by atoms with Gasteiger partial charge in [0.25, 0.3) is 0 Å². The zero-order valence-corrected chi connectivity index (χ0v) is 14.8. The molecule has 1 amide bonds. The molecule has 0 radical (unpaired) electrons. The largest absolute Gasteiger partial charge is 0.493 e. The Hall–Kier alpha value is -1.96. The average molecular weight is 373 g/mol. The van der Waals surface area contributed by atoms with Gasteiger partial charge in [-0.05, 0) is 30.4 Å². The van der Waals surface area contributed by atoms with Crippen molar-refractivity contribution in [3.05, 3.63) is 23.3 Å². The monoisotopic (exact) mass is 373 g/mol. The van der Waals surface area contributed by atoms with Gasteiger partial charge in [0.1, 0.15) is 0 Å². The molecule has 2 aliphatic rings. The Kier molecular flexibility index (Phi) is 5.32. The summed E-state index contributed by atoms with van der Waals surface area (Å²) in [6.07, 6.45) is -3.31. The highest BCUT2D eigenvalue weighted by Crippen LogP contribution is 2.39. The van der Waals surface area contributed by atoms with E-state index in [2.05, 4.69) is 0 Å². The second kappa shape index (κ2) is 7.34. The molecular weight excluding hydrogens is 351 g/mol. The number of nitrogens with zero attached hydrogens (tertiary/aromatic N) is 1. The van der Waals surface area contributed by atoms with Crippen LogP contribution in [0.15, 0.2) is 12.1 Å². The van der Waals surface area contributed by atoms with E-state index in [0.29, 0.717) is 37.4 Å². The van der Waals surface area contributed by atoms with Crippen LogP contribution in [0.5, 0.6) is 11.5 Å². The number of halogens is 3. The number of benzene rings is 1. The third-order valence-electron chi connectivity index (χ3n) is 5.20. The first-order chi connectivity index (χ1) is 12.3. The van der Waals surface area contributed by atoms with Crippen molar-refractivity contribution < 1.29 is 32.2 Å². The number of fused-ring (bicyclic) bond motifs is 1. The minimum atomic E-state index is -4.81. The summed E-state index contributed by atoms with van der Waals surface area (Å²) in [5.41, 5.74) is 2.06. The van der Waals surface area contributed by atoms with E-state index < -0.39 is 12.1 Å². The van der Waals surface area contributed by atoms with Crippen LogP contribution in [0.3, 0.4) is 0 Å². The van der Waals surface area contributed by atoms with Gasteiger partial charge >= 0.3 is 12.1 Å². The van der Waals surface area contributed by atoms with Gasteiger partial charge in [0.05, 0.1) is 26.9 Å². The molecule has 1 unspecified atom stereocenters. The second-order valence-electron chi connectivity index (χ2n) is 6.62. The molecule has 1 saturated heterocycles. The van der Waals surface area contributed by atoms with Gasteiger partial charge in [-0.3, -0.25) is 4.79 Å². The number of methoxy groups -OCH3 is 2. The number of hydrogen-bond acceptors (Lipinski definition) is 4. The second-order valence-corrected chi connectivity index (χ2v) is 6.62. The van der Waals surface area contributed by atoms with Gasteiger partial charge in [0.2, 0.25) is 0 Å². The maximum atomic E-state index is 12.6. The summed E-state index contributed by atoms with van der Waals surface area (Å²) in [6.45, 7) is 0.637. The summed E-state index contributed by atoms with van der Waals surface area (Å²) >= 11 is 0. The first-order valence-electron chi connectivity index (χ1n) is 8.55. The van der Waals surface area contributed by atoms with Crippen LogP contribution in [0, 0.1) is 5.92 Å². The lowest BCUT2D eigenvalue weighted by Crippen LogP contribution is -2.47. The smallest absolute Gasteiger partial charge is 0.471 e. The number of hydrogen-bond donors (Lipinski definition) is 0. The summed E-state index contributed by atoms with van der Waals surface area (Å²) in [5.74, 6) is -0.311. The molecule has 0 bridgehead atoms. The maximum Gasteiger partial charge on any atom is 0.471 e. The molecule has 26 heavy (non-hydrogen) atoms. The zero-order valence-electron chi connectivity index (χ0n) is 14.8. The summed E-state index contributed by atoms with van der Waals surface area (Å²) < 4.78 is 54.5. The fourth-order valence-electron chi connectivity index (χ4n) is 3.80. The zero-order chi connectivity index (χ0) is 18.9. The molecule has 0 aromatic heterocycles. The van der Waals surface area contributed by atoms with Crippen LogP contribution in [-0.2, 0) is 22.6 Å². The first kappa shape index (κ1) is 18.8.